The van der Waals surface area contributed by atoms with E-state index in [1.165, 1.54) is 22.8 Å². The van der Waals surface area contributed by atoms with E-state index in [0.717, 1.165) is 18.9 Å². The predicted molar refractivity (Wildman–Crippen MR) is 174 cm³/mol. The van der Waals surface area contributed by atoms with E-state index < -0.39 is 23.7 Å². The summed E-state index contributed by atoms with van der Waals surface area (Å²) in [5.74, 6) is -0.733. The van der Waals surface area contributed by atoms with Gasteiger partial charge < -0.3 is 24.6 Å². The number of anilines is 2. The highest BCUT2D eigenvalue weighted by Gasteiger charge is 2.36. The lowest BCUT2D eigenvalue weighted by Gasteiger charge is -2.34. The molecular formula is C31H32ClF3N10O5. The predicted octanol–water partition coefficient (Wildman–Crippen LogP) is 2.95. The number of alkyl halides is 3. The van der Waals surface area contributed by atoms with Gasteiger partial charge in [0.05, 0.1) is 43.6 Å². The van der Waals surface area contributed by atoms with Crippen molar-refractivity contribution in [3.63, 3.8) is 0 Å². The van der Waals surface area contributed by atoms with Crippen LogP contribution in [0.3, 0.4) is 0 Å². The Morgan fingerprint density at radius 3 is 2.46 bits per heavy atom. The van der Waals surface area contributed by atoms with Gasteiger partial charge in [-0.05, 0) is 29.8 Å². The van der Waals surface area contributed by atoms with Crippen LogP contribution >= 0.6 is 11.6 Å². The molecule has 2 aliphatic rings. The summed E-state index contributed by atoms with van der Waals surface area (Å²) in [5, 5.41) is 9.50. The Hall–Kier alpha value is -5.07. The molecule has 0 unspecified atom stereocenters. The summed E-state index contributed by atoms with van der Waals surface area (Å²) in [4.78, 5) is 55.0. The largest absolute Gasteiger partial charge is 0.453 e. The first-order valence-electron chi connectivity index (χ1n) is 15.5. The molecule has 0 aliphatic carbocycles. The highest BCUT2D eigenvalue weighted by molar-refractivity contribution is 6.29. The van der Waals surface area contributed by atoms with Gasteiger partial charge in [-0.1, -0.05) is 11.6 Å². The van der Waals surface area contributed by atoms with Gasteiger partial charge in [0.1, 0.15) is 16.5 Å². The molecule has 0 spiro atoms. The van der Waals surface area contributed by atoms with Gasteiger partial charge in [0.25, 0.3) is 5.91 Å². The number of fused-ring (bicyclic) bond motifs is 1. The van der Waals surface area contributed by atoms with Crippen molar-refractivity contribution in [3.05, 3.63) is 64.7 Å². The Bertz CT molecular complexity index is 1880. The first kappa shape index (κ1) is 34.8. The van der Waals surface area contributed by atoms with Gasteiger partial charge >= 0.3 is 12.3 Å². The Morgan fingerprint density at radius 1 is 1.02 bits per heavy atom. The minimum Gasteiger partial charge on any atom is -0.453 e. The van der Waals surface area contributed by atoms with Gasteiger partial charge in [-0.2, -0.15) is 13.2 Å². The lowest BCUT2D eigenvalue weighted by atomic mass is 10.1. The second-order valence-electron chi connectivity index (χ2n) is 11.5. The number of piperazine rings is 1. The van der Waals surface area contributed by atoms with Crippen LogP contribution in [0, 0.1) is 0 Å². The third kappa shape index (κ3) is 8.03. The van der Waals surface area contributed by atoms with Crippen molar-refractivity contribution in [1.29, 1.82) is 0 Å². The average Bonchev–Trinajstić information content (AvgIpc) is 3.53. The number of methoxy groups -OCH3 is 1. The van der Waals surface area contributed by atoms with Crippen molar-refractivity contribution < 1.29 is 37.0 Å². The van der Waals surface area contributed by atoms with Crippen LogP contribution in [0.1, 0.15) is 21.5 Å². The third-order valence-electron chi connectivity index (χ3n) is 8.20. The lowest BCUT2D eigenvalue weighted by Crippen LogP contribution is -2.50. The van der Waals surface area contributed by atoms with Crippen LogP contribution in [0.5, 0.6) is 0 Å². The first-order chi connectivity index (χ1) is 24.0. The summed E-state index contributed by atoms with van der Waals surface area (Å²) in [7, 11) is 1.09. The number of carbonyl (C=O) groups is 3. The normalized spacial score (nSPS) is 15.6. The highest BCUT2D eigenvalue weighted by atomic mass is 35.5. The summed E-state index contributed by atoms with van der Waals surface area (Å²) >= 11 is 5.77. The molecule has 0 saturated carbocycles. The van der Waals surface area contributed by atoms with Crippen molar-refractivity contribution >= 4 is 46.7 Å². The lowest BCUT2D eigenvalue weighted by molar-refractivity contribution is -0.137. The van der Waals surface area contributed by atoms with Crippen LogP contribution in [-0.4, -0.2) is 118 Å². The fourth-order valence-electron chi connectivity index (χ4n) is 5.63. The number of hydrogen-bond acceptors (Lipinski definition) is 11. The number of rotatable bonds is 8. The average molecular weight is 717 g/mol. The van der Waals surface area contributed by atoms with E-state index in [4.69, 9.17) is 16.3 Å². The van der Waals surface area contributed by atoms with E-state index in [0.29, 0.717) is 82.0 Å². The number of aromatic nitrogens is 5. The highest BCUT2D eigenvalue weighted by Crippen LogP contribution is 2.38. The number of carbonyl (C=O) groups excluding carboxylic acids is 3. The zero-order valence-electron chi connectivity index (χ0n) is 26.7. The van der Waals surface area contributed by atoms with Crippen LogP contribution < -0.4 is 15.5 Å². The van der Waals surface area contributed by atoms with Crippen molar-refractivity contribution in [1.82, 2.24) is 39.7 Å². The zero-order valence-corrected chi connectivity index (χ0v) is 27.5. The maximum absolute atomic E-state index is 14.3. The quantitative estimate of drug-likeness (QED) is 0.258. The molecule has 0 atom stereocenters. The van der Waals surface area contributed by atoms with Gasteiger partial charge in [-0.3, -0.25) is 19.8 Å². The van der Waals surface area contributed by atoms with Gasteiger partial charge in [0.2, 0.25) is 5.91 Å². The molecule has 6 rings (SSSR count). The number of halogens is 4. The number of ether oxygens (including phenoxy) is 2. The van der Waals surface area contributed by atoms with E-state index >= 15 is 0 Å². The molecule has 15 nitrogen and oxygen atoms in total. The topological polar surface area (TPSA) is 159 Å². The van der Waals surface area contributed by atoms with E-state index in [9.17, 15) is 27.6 Å². The Kier molecular flexibility index (Phi) is 10.3. The van der Waals surface area contributed by atoms with Crippen molar-refractivity contribution in [2.75, 3.05) is 76.4 Å². The number of nitrogens with zero attached hydrogens (tertiary/aromatic N) is 8. The molecule has 2 fully saturated rings. The molecule has 4 aromatic heterocycles. The number of morpholine rings is 1. The molecule has 0 bridgehead atoms. The smallest absolute Gasteiger partial charge is 0.417 e. The number of hydrogen-bond donors (Lipinski definition) is 2. The Labute approximate surface area is 288 Å². The minimum atomic E-state index is -4.81. The van der Waals surface area contributed by atoms with E-state index in [1.54, 1.807) is 11.1 Å². The molecule has 19 heteroatoms. The van der Waals surface area contributed by atoms with Crippen molar-refractivity contribution in [3.8, 4) is 11.4 Å². The first-order valence-corrected chi connectivity index (χ1v) is 15.9. The van der Waals surface area contributed by atoms with Crippen LogP contribution in [0.4, 0.5) is 29.6 Å². The standard InChI is InChI=1S/C31H32ClF3N10O5/c1-49-30(48)39-25-13-22(31(33,34)35)21(15-37-25)27-40-28(44-8-10-50-11-9-44)23-12-19(18-45(23)41-27)17-42-4-6-43(7-5-42)26(46)16-38-29(47)20-2-3-24(32)36-14-20/h2-3,12-15,18H,4-11,16-17H2,1H3,(H,38,47)(H,37,39,48). The van der Waals surface area contributed by atoms with Gasteiger partial charge in [-0.25, -0.2) is 24.3 Å². The van der Waals surface area contributed by atoms with Gasteiger partial charge in [0.15, 0.2) is 11.6 Å². The Balaban J connectivity index is 1.18. The second kappa shape index (κ2) is 14.8. The molecule has 6 heterocycles. The summed E-state index contributed by atoms with van der Waals surface area (Å²) < 4.78 is 54.4. The summed E-state index contributed by atoms with van der Waals surface area (Å²) in [6.07, 6.45) is -1.72. The third-order valence-corrected chi connectivity index (χ3v) is 8.42. The van der Waals surface area contributed by atoms with Crippen LogP contribution in [0.25, 0.3) is 16.9 Å². The summed E-state index contributed by atoms with van der Waals surface area (Å²) in [6.45, 7) is 4.15. The molecule has 3 amide bonds. The van der Waals surface area contributed by atoms with E-state index in [1.807, 2.05) is 11.0 Å². The molecule has 4 aromatic rings. The van der Waals surface area contributed by atoms with Crippen molar-refractivity contribution in [2.45, 2.75) is 12.7 Å². The maximum atomic E-state index is 14.3. The molecule has 0 aromatic carbocycles. The van der Waals surface area contributed by atoms with Crippen molar-refractivity contribution in [2.24, 2.45) is 0 Å². The molecule has 50 heavy (non-hydrogen) atoms. The maximum Gasteiger partial charge on any atom is 0.417 e. The number of pyridine rings is 2. The molecule has 2 N–H and O–H groups in total. The molecule has 264 valence electrons. The van der Waals surface area contributed by atoms with Crippen LogP contribution in [0.15, 0.2) is 42.9 Å². The van der Waals surface area contributed by atoms with Crippen LogP contribution in [0.2, 0.25) is 5.15 Å². The molecule has 2 aliphatic heterocycles. The molecule has 2 saturated heterocycles. The number of amides is 3. The SMILES string of the molecule is COC(=O)Nc1cc(C(F)(F)F)c(-c2nc(N3CCOCC3)c3cc(CN4CCN(C(=O)CNC(=O)c5ccc(Cl)nc5)CC4)cn3n2)cn1. The molecule has 0 radical (unpaired) electrons. The number of nitrogens with one attached hydrogen (secondary N) is 2. The van der Waals surface area contributed by atoms with E-state index in [2.05, 4.69) is 40.3 Å². The zero-order chi connectivity index (χ0) is 35.4. The second-order valence-corrected chi connectivity index (χ2v) is 11.9. The minimum absolute atomic E-state index is 0.159. The fraction of sp³-hybridized carbons (Fsp3) is 0.387. The van der Waals surface area contributed by atoms with E-state index in [-0.39, 0.29) is 34.8 Å². The monoisotopic (exact) mass is 716 g/mol. The van der Waals surface area contributed by atoms with Gasteiger partial charge in [-0.15, -0.1) is 5.10 Å². The summed E-state index contributed by atoms with van der Waals surface area (Å²) in [6, 6.07) is 5.63. The fourth-order valence-corrected chi connectivity index (χ4v) is 5.74. The molecular weight excluding hydrogens is 685 g/mol. The van der Waals surface area contributed by atoms with Crippen LogP contribution in [-0.2, 0) is 27.0 Å². The van der Waals surface area contributed by atoms with Gasteiger partial charge in [0, 0.05) is 64.4 Å². The Morgan fingerprint density at radius 2 is 1.78 bits per heavy atom. The summed E-state index contributed by atoms with van der Waals surface area (Å²) in [5.41, 5.74) is 0.316.